The smallest absolute Gasteiger partial charge is 0.303 e. The quantitative estimate of drug-likeness (QED) is 0.762. The minimum atomic E-state index is -3.19. The molecule has 0 spiro atoms. The molecule has 1 aliphatic rings. The number of piperidine rings is 1. The average molecular weight is 368 g/mol. The molecule has 1 aliphatic heterocycles. The van der Waals surface area contributed by atoms with E-state index in [-0.39, 0.29) is 24.0 Å². The number of carbonyl (C=O) groups is 2. The minimum Gasteiger partial charge on any atom is -0.481 e. The Labute approximate surface area is 148 Å². The summed E-state index contributed by atoms with van der Waals surface area (Å²) in [6.07, 6.45) is 1.46. The van der Waals surface area contributed by atoms with Gasteiger partial charge in [-0.2, -0.15) is 0 Å². The topological polar surface area (TPSA) is 104 Å². The molecular formula is C17H24N2O5S. The molecule has 2 rings (SSSR count). The van der Waals surface area contributed by atoms with Gasteiger partial charge in [-0.3, -0.25) is 9.59 Å². The zero-order valence-corrected chi connectivity index (χ0v) is 15.1. The zero-order valence-electron chi connectivity index (χ0n) is 14.3. The zero-order chi connectivity index (χ0) is 18.4. The number of anilines is 1. The third kappa shape index (κ3) is 5.54. The molecule has 1 amide bonds. The first-order chi connectivity index (χ1) is 11.8. The first-order valence-corrected chi connectivity index (χ1v) is 10.0. The standard InChI is InChI=1S/C17H24N2O5S/c1-2-25(23,24)19-10-8-14(9-11-19)17(22)18-15-5-3-4-13(12-15)6-7-16(20)21/h3-5,12,14H,2,6-11H2,1H3,(H,18,22)(H,20,21). The lowest BCUT2D eigenvalue weighted by Crippen LogP contribution is -2.42. The molecule has 0 bridgehead atoms. The van der Waals surface area contributed by atoms with E-state index < -0.39 is 16.0 Å². The van der Waals surface area contributed by atoms with Crippen molar-refractivity contribution in [2.75, 3.05) is 24.2 Å². The van der Waals surface area contributed by atoms with Crippen molar-refractivity contribution >= 4 is 27.6 Å². The Balaban J connectivity index is 1.90. The fourth-order valence-electron chi connectivity index (χ4n) is 2.88. The summed E-state index contributed by atoms with van der Waals surface area (Å²) < 4.78 is 25.2. The van der Waals surface area contributed by atoms with E-state index in [2.05, 4.69) is 5.32 Å². The number of hydrogen-bond donors (Lipinski definition) is 2. The predicted octanol–water partition coefficient (Wildman–Crippen LogP) is 1.70. The number of nitrogens with one attached hydrogen (secondary N) is 1. The first kappa shape index (κ1) is 19.4. The molecule has 0 saturated carbocycles. The lowest BCUT2D eigenvalue weighted by Gasteiger charge is -2.30. The number of sulfonamides is 1. The highest BCUT2D eigenvalue weighted by molar-refractivity contribution is 7.89. The molecule has 1 saturated heterocycles. The van der Waals surface area contributed by atoms with Gasteiger partial charge in [0.05, 0.1) is 5.75 Å². The number of carbonyl (C=O) groups excluding carboxylic acids is 1. The average Bonchev–Trinajstić information content (AvgIpc) is 2.60. The van der Waals surface area contributed by atoms with Crippen LogP contribution in [0.1, 0.15) is 31.7 Å². The van der Waals surface area contributed by atoms with Gasteiger partial charge in [-0.25, -0.2) is 12.7 Å². The summed E-state index contributed by atoms with van der Waals surface area (Å²) in [6.45, 7) is 2.35. The highest BCUT2D eigenvalue weighted by atomic mass is 32.2. The number of carboxylic acids is 1. The Bertz CT molecular complexity index is 724. The van der Waals surface area contributed by atoms with Crippen LogP contribution in [-0.2, 0) is 26.0 Å². The van der Waals surface area contributed by atoms with Crippen molar-refractivity contribution < 1.29 is 23.1 Å². The molecule has 0 aliphatic carbocycles. The second-order valence-corrected chi connectivity index (χ2v) is 8.41. The fourth-order valence-corrected chi connectivity index (χ4v) is 4.01. The van der Waals surface area contributed by atoms with E-state index in [4.69, 9.17) is 5.11 Å². The summed E-state index contributed by atoms with van der Waals surface area (Å²) in [7, 11) is -3.19. The van der Waals surface area contributed by atoms with E-state index in [1.807, 2.05) is 6.07 Å². The van der Waals surface area contributed by atoms with Crippen LogP contribution in [0.5, 0.6) is 0 Å². The van der Waals surface area contributed by atoms with E-state index in [0.717, 1.165) is 5.56 Å². The molecule has 2 N–H and O–H groups in total. The number of aliphatic carboxylic acids is 1. The van der Waals surface area contributed by atoms with E-state index in [1.54, 1.807) is 25.1 Å². The van der Waals surface area contributed by atoms with Gasteiger partial charge in [0.25, 0.3) is 0 Å². The number of hydrogen-bond acceptors (Lipinski definition) is 4. The molecule has 1 heterocycles. The van der Waals surface area contributed by atoms with Crippen LogP contribution >= 0.6 is 0 Å². The predicted molar refractivity (Wildman–Crippen MR) is 94.8 cm³/mol. The maximum atomic E-state index is 12.4. The Morgan fingerprint density at radius 1 is 1.28 bits per heavy atom. The molecule has 1 fully saturated rings. The number of rotatable bonds is 7. The highest BCUT2D eigenvalue weighted by Gasteiger charge is 2.30. The SMILES string of the molecule is CCS(=O)(=O)N1CCC(C(=O)Nc2cccc(CCC(=O)O)c2)CC1. The largest absolute Gasteiger partial charge is 0.481 e. The van der Waals surface area contributed by atoms with E-state index in [0.29, 0.717) is 38.0 Å². The maximum Gasteiger partial charge on any atom is 0.303 e. The van der Waals surface area contributed by atoms with Crippen LogP contribution in [0, 0.1) is 5.92 Å². The molecule has 0 radical (unpaired) electrons. The molecule has 1 aromatic rings. The third-order valence-electron chi connectivity index (χ3n) is 4.40. The van der Waals surface area contributed by atoms with E-state index in [1.165, 1.54) is 4.31 Å². The first-order valence-electron chi connectivity index (χ1n) is 8.41. The minimum absolute atomic E-state index is 0.0434. The van der Waals surface area contributed by atoms with E-state index >= 15 is 0 Å². The van der Waals surface area contributed by atoms with Gasteiger partial charge in [0.1, 0.15) is 0 Å². The molecule has 0 unspecified atom stereocenters. The summed E-state index contributed by atoms with van der Waals surface area (Å²) in [4.78, 5) is 23.0. The van der Waals surface area contributed by atoms with E-state index in [9.17, 15) is 18.0 Å². The third-order valence-corrected chi connectivity index (χ3v) is 6.29. The second kappa shape index (κ2) is 8.44. The van der Waals surface area contributed by atoms with Crippen LogP contribution in [-0.4, -0.2) is 48.5 Å². The van der Waals surface area contributed by atoms with Crippen molar-refractivity contribution in [2.45, 2.75) is 32.6 Å². The molecule has 0 atom stereocenters. The fraction of sp³-hybridized carbons (Fsp3) is 0.529. The van der Waals surface area contributed by atoms with Crippen LogP contribution in [0.15, 0.2) is 24.3 Å². The summed E-state index contributed by atoms with van der Waals surface area (Å²) in [5.74, 6) is -1.12. The van der Waals surface area contributed by atoms with Crippen LogP contribution in [0.25, 0.3) is 0 Å². The molecule has 8 heteroatoms. The number of nitrogens with zero attached hydrogens (tertiary/aromatic N) is 1. The molecule has 25 heavy (non-hydrogen) atoms. The van der Waals surface area contributed by atoms with Crippen LogP contribution < -0.4 is 5.32 Å². The van der Waals surface area contributed by atoms with Crippen LogP contribution in [0.4, 0.5) is 5.69 Å². The summed E-state index contributed by atoms with van der Waals surface area (Å²) >= 11 is 0. The van der Waals surface area contributed by atoms with Crippen LogP contribution in [0.2, 0.25) is 0 Å². The van der Waals surface area contributed by atoms with Gasteiger partial charge >= 0.3 is 5.97 Å². The lowest BCUT2D eigenvalue weighted by molar-refractivity contribution is -0.137. The highest BCUT2D eigenvalue weighted by Crippen LogP contribution is 2.22. The molecule has 1 aromatic carbocycles. The summed E-state index contributed by atoms with van der Waals surface area (Å²) in [5, 5.41) is 11.6. The van der Waals surface area contributed by atoms with Gasteiger partial charge in [-0.15, -0.1) is 0 Å². The van der Waals surface area contributed by atoms with Crippen molar-refractivity contribution in [2.24, 2.45) is 5.92 Å². The Morgan fingerprint density at radius 3 is 2.56 bits per heavy atom. The Hall–Kier alpha value is -1.93. The van der Waals surface area contributed by atoms with Gasteiger partial charge < -0.3 is 10.4 Å². The summed E-state index contributed by atoms with van der Waals surface area (Å²) in [5.41, 5.74) is 1.49. The normalized spacial score (nSPS) is 16.5. The van der Waals surface area contributed by atoms with Gasteiger partial charge in [0.15, 0.2) is 0 Å². The van der Waals surface area contributed by atoms with Crippen molar-refractivity contribution in [1.82, 2.24) is 4.31 Å². The molecule has 0 aromatic heterocycles. The van der Waals surface area contributed by atoms with Crippen molar-refractivity contribution in [1.29, 1.82) is 0 Å². The van der Waals surface area contributed by atoms with Crippen molar-refractivity contribution in [3.8, 4) is 0 Å². The maximum absolute atomic E-state index is 12.4. The molecule has 7 nitrogen and oxygen atoms in total. The Kier molecular flexibility index (Phi) is 6.55. The molecule has 138 valence electrons. The van der Waals surface area contributed by atoms with Crippen molar-refractivity contribution in [3.63, 3.8) is 0 Å². The van der Waals surface area contributed by atoms with Gasteiger partial charge in [0.2, 0.25) is 15.9 Å². The number of carboxylic acid groups (broad SMARTS) is 1. The number of aryl methyl sites for hydroxylation is 1. The van der Waals surface area contributed by atoms with Gasteiger partial charge in [-0.1, -0.05) is 12.1 Å². The lowest BCUT2D eigenvalue weighted by atomic mass is 9.97. The number of amides is 1. The Morgan fingerprint density at radius 2 is 1.96 bits per heavy atom. The van der Waals surface area contributed by atoms with Crippen molar-refractivity contribution in [3.05, 3.63) is 29.8 Å². The van der Waals surface area contributed by atoms with Crippen LogP contribution in [0.3, 0.4) is 0 Å². The number of benzene rings is 1. The molecular weight excluding hydrogens is 344 g/mol. The monoisotopic (exact) mass is 368 g/mol. The van der Waals surface area contributed by atoms with Gasteiger partial charge in [0, 0.05) is 31.1 Å². The summed E-state index contributed by atoms with van der Waals surface area (Å²) in [6, 6.07) is 7.15. The second-order valence-electron chi connectivity index (χ2n) is 6.16. The van der Waals surface area contributed by atoms with Gasteiger partial charge in [-0.05, 0) is 43.9 Å².